The number of nitro benzene ring substituents is 1. The normalized spacial score (nSPS) is 14.5. The number of non-ortho nitro benzene ring substituents is 1. The zero-order valence-electron chi connectivity index (χ0n) is 19.5. The van der Waals surface area contributed by atoms with Gasteiger partial charge in [0.2, 0.25) is 0 Å². The van der Waals surface area contributed by atoms with E-state index < -0.39 is 22.8 Å². The number of ether oxygens (including phenoxy) is 2. The average Bonchev–Trinajstić information content (AvgIpc) is 2.86. The summed E-state index contributed by atoms with van der Waals surface area (Å²) in [7, 11) is 0. The number of halogens is 1. The van der Waals surface area contributed by atoms with Gasteiger partial charge >= 0.3 is 6.03 Å². The van der Waals surface area contributed by atoms with Crippen LogP contribution in [0, 0.1) is 10.1 Å². The molecule has 37 heavy (non-hydrogen) atoms. The maximum Gasteiger partial charge on any atom is 0.335 e. The Morgan fingerprint density at radius 2 is 1.76 bits per heavy atom. The minimum atomic E-state index is -0.958. The van der Waals surface area contributed by atoms with Crippen LogP contribution in [0.15, 0.2) is 72.3 Å². The van der Waals surface area contributed by atoms with Crippen LogP contribution in [0.25, 0.3) is 6.08 Å². The lowest BCUT2D eigenvalue weighted by Gasteiger charge is -2.26. The van der Waals surface area contributed by atoms with Crippen molar-refractivity contribution < 1.29 is 28.8 Å². The van der Waals surface area contributed by atoms with E-state index >= 15 is 0 Å². The highest BCUT2D eigenvalue weighted by Crippen LogP contribution is 2.31. The van der Waals surface area contributed by atoms with Gasteiger partial charge in [0.15, 0.2) is 11.5 Å². The smallest absolute Gasteiger partial charge is 0.335 e. The van der Waals surface area contributed by atoms with Crippen molar-refractivity contribution in [2.75, 3.05) is 11.5 Å². The number of urea groups is 1. The van der Waals surface area contributed by atoms with E-state index in [1.54, 1.807) is 37.3 Å². The molecule has 0 saturated carbocycles. The topological polar surface area (TPSA) is 128 Å². The highest BCUT2D eigenvalue weighted by Gasteiger charge is 2.37. The number of hydrogen-bond donors (Lipinski definition) is 1. The van der Waals surface area contributed by atoms with Crippen LogP contribution in [0.1, 0.15) is 18.1 Å². The number of nitro groups is 1. The minimum Gasteiger partial charge on any atom is -0.490 e. The van der Waals surface area contributed by atoms with Crippen LogP contribution in [-0.2, 0) is 16.2 Å². The number of anilines is 1. The number of carbonyl (C=O) groups excluding carboxylic acids is 3. The van der Waals surface area contributed by atoms with Gasteiger partial charge in [0.1, 0.15) is 12.2 Å². The second-order valence-electron chi connectivity index (χ2n) is 7.79. The van der Waals surface area contributed by atoms with E-state index in [1.807, 2.05) is 12.1 Å². The Morgan fingerprint density at radius 3 is 2.43 bits per heavy atom. The molecule has 3 aromatic carbocycles. The van der Waals surface area contributed by atoms with E-state index in [0.717, 1.165) is 22.6 Å². The molecule has 1 heterocycles. The maximum atomic E-state index is 13.1. The summed E-state index contributed by atoms with van der Waals surface area (Å²) in [5.74, 6) is -0.897. The van der Waals surface area contributed by atoms with Gasteiger partial charge in [-0.15, -0.1) is 0 Å². The Morgan fingerprint density at radius 1 is 1.00 bits per heavy atom. The number of hydrogen-bond acceptors (Lipinski definition) is 7. The fraction of sp³-hybridized carbons (Fsp3) is 0.115. The van der Waals surface area contributed by atoms with E-state index in [4.69, 9.17) is 21.1 Å². The quantitative estimate of drug-likeness (QED) is 0.193. The molecule has 0 radical (unpaired) electrons. The average molecular weight is 522 g/mol. The van der Waals surface area contributed by atoms with Crippen LogP contribution in [0.2, 0.25) is 5.02 Å². The Bertz CT molecular complexity index is 1420. The van der Waals surface area contributed by atoms with Crippen LogP contribution in [-0.4, -0.2) is 29.4 Å². The molecule has 0 unspecified atom stereocenters. The number of benzene rings is 3. The molecule has 0 atom stereocenters. The van der Waals surface area contributed by atoms with Gasteiger partial charge in [-0.05, 0) is 60.5 Å². The first-order chi connectivity index (χ1) is 17.8. The van der Waals surface area contributed by atoms with Crippen LogP contribution >= 0.6 is 11.6 Å². The summed E-state index contributed by atoms with van der Waals surface area (Å²) in [4.78, 5) is 49.0. The lowest BCUT2D eigenvalue weighted by atomic mass is 10.1. The first-order valence-corrected chi connectivity index (χ1v) is 11.4. The summed E-state index contributed by atoms with van der Waals surface area (Å²) in [6, 6.07) is 16.0. The number of barbiturate groups is 1. The van der Waals surface area contributed by atoms with Gasteiger partial charge in [0.25, 0.3) is 17.5 Å². The number of carbonyl (C=O) groups is 3. The van der Waals surface area contributed by atoms with Crippen LogP contribution in [0.4, 0.5) is 16.2 Å². The molecule has 1 fully saturated rings. The van der Waals surface area contributed by atoms with E-state index in [1.165, 1.54) is 18.2 Å². The van der Waals surface area contributed by atoms with Gasteiger partial charge < -0.3 is 9.47 Å². The predicted octanol–water partition coefficient (Wildman–Crippen LogP) is 4.89. The van der Waals surface area contributed by atoms with E-state index in [2.05, 4.69) is 5.32 Å². The van der Waals surface area contributed by atoms with Crippen LogP contribution in [0.5, 0.6) is 11.5 Å². The Balaban J connectivity index is 1.60. The van der Waals surface area contributed by atoms with E-state index in [9.17, 15) is 24.5 Å². The molecule has 188 valence electrons. The molecule has 1 N–H and O–H groups in total. The van der Waals surface area contributed by atoms with Crippen molar-refractivity contribution in [1.82, 2.24) is 5.32 Å². The van der Waals surface area contributed by atoms with Gasteiger partial charge in [-0.2, -0.15) is 0 Å². The Kier molecular flexibility index (Phi) is 7.49. The van der Waals surface area contributed by atoms with Crippen molar-refractivity contribution in [3.05, 3.63) is 98.6 Å². The molecule has 0 aliphatic carbocycles. The fourth-order valence-corrected chi connectivity index (χ4v) is 3.78. The summed E-state index contributed by atoms with van der Waals surface area (Å²) in [5, 5.41) is 13.6. The zero-order chi connectivity index (χ0) is 26.5. The summed E-state index contributed by atoms with van der Waals surface area (Å²) < 4.78 is 11.6. The van der Waals surface area contributed by atoms with E-state index in [-0.39, 0.29) is 23.6 Å². The summed E-state index contributed by atoms with van der Waals surface area (Å²) >= 11 is 6.02. The molecular weight excluding hydrogens is 502 g/mol. The third-order valence-corrected chi connectivity index (χ3v) is 5.52. The van der Waals surface area contributed by atoms with Crippen LogP contribution < -0.4 is 19.7 Å². The Hall–Kier alpha value is -4.70. The van der Waals surface area contributed by atoms with Crippen molar-refractivity contribution in [2.45, 2.75) is 13.5 Å². The van der Waals surface area contributed by atoms with Crippen molar-refractivity contribution in [1.29, 1.82) is 0 Å². The standard InChI is InChI=1S/C26H20ClN3O7/c1-2-36-23-14-16(6-11-22(23)37-15-17-4-3-5-18(27)12-17)13-21-24(31)28-26(33)29(25(21)32)19-7-9-20(10-8-19)30(34)35/h3-14H,2,15H2,1H3,(H,28,31,33)/b21-13+. The molecule has 4 amide bonds. The molecule has 0 bridgehead atoms. The molecule has 1 aliphatic heterocycles. The third-order valence-electron chi connectivity index (χ3n) is 5.28. The highest BCUT2D eigenvalue weighted by molar-refractivity contribution is 6.39. The molecule has 0 spiro atoms. The highest BCUT2D eigenvalue weighted by atomic mass is 35.5. The van der Waals surface area contributed by atoms with Gasteiger partial charge in [-0.1, -0.05) is 29.8 Å². The number of rotatable bonds is 8. The van der Waals surface area contributed by atoms with Crippen molar-refractivity contribution in [3.63, 3.8) is 0 Å². The third kappa shape index (κ3) is 5.76. The molecular formula is C26H20ClN3O7. The van der Waals surface area contributed by atoms with Gasteiger partial charge in [-0.25, -0.2) is 9.69 Å². The van der Waals surface area contributed by atoms with Crippen molar-refractivity contribution in [3.8, 4) is 11.5 Å². The second-order valence-corrected chi connectivity index (χ2v) is 8.23. The summed E-state index contributed by atoms with van der Waals surface area (Å²) in [6.45, 7) is 2.39. The molecule has 3 aromatic rings. The minimum absolute atomic E-state index is 0.0752. The summed E-state index contributed by atoms with van der Waals surface area (Å²) in [6.07, 6.45) is 1.33. The van der Waals surface area contributed by atoms with Crippen molar-refractivity contribution in [2.24, 2.45) is 0 Å². The maximum absolute atomic E-state index is 13.1. The number of amides is 4. The Labute approximate surface area is 216 Å². The molecule has 10 nitrogen and oxygen atoms in total. The van der Waals surface area contributed by atoms with Gasteiger partial charge in [0, 0.05) is 17.2 Å². The van der Waals surface area contributed by atoms with E-state index in [0.29, 0.717) is 28.7 Å². The predicted molar refractivity (Wildman–Crippen MR) is 135 cm³/mol. The van der Waals surface area contributed by atoms with Gasteiger partial charge in [0.05, 0.1) is 17.2 Å². The molecule has 11 heteroatoms. The monoisotopic (exact) mass is 521 g/mol. The second kappa shape index (κ2) is 10.9. The number of nitrogens with one attached hydrogen (secondary N) is 1. The van der Waals surface area contributed by atoms with Crippen LogP contribution in [0.3, 0.4) is 0 Å². The first-order valence-electron chi connectivity index (χ1n) is 11.1. The SMILES string of the molecule is CCOc1cc(/C=C2\C(=O)NC(=O)N(c3ccc([N+](=O)[O-])cc3)C2=O)ccc1OCc1cccc(Cl)c1. The molecule has 4 rings (SSSR count). The number of nitrogens with zero attached hydrogens (tertiary/aromatic N) is 2. The van der Waals surface area contributed by atoms with Gasteiger partial charge in [-0.3, -0.25) is 25.0 Å². The molecule has 1 aliphatic rings. The lowest BCUT2D eigenvalue weighted by Crippen LogP contribution is -2.54. The summed E-state index contributed by atoms with van der Waals surface area (Å²) in [5.41, 5.74) is 0.887. The van der Waals surface area contributed by atoms with Crippen molar-refractivity contribution >= 4 is 46.9 Å². The lowest BCUT2D eigenvalue weighted by molar-refractivity contribution is -0.384. The fourth-order valence-electron chi connectivity index (χ4n) is 3.57. The molecule has 0 aromatic heterocycles. The zero-order valence-corrected chi connectivity index (χ0v) is 20.2. The molecule has 1 saturated heterocycles. The largest absolute Gasteiger partial charge is 0.490 e. The first kappa shape index (κ1) is 25.4. The number of imide groups is 2.